The molecular weight excluding hydrogens is 216 g/mol. The summed E-state index contributed by atoms with van der Waals surface area (Å²) in [6.45, 7) is 0. The van der Waals surface area contributed by atoms with Crippen molar-refractivity contribution in [1.29, 1.82) is 0 Å². The number of fused-ring (bicyclic) bond motifs is 1. The molecule has 0 saturated heterocycles. The van der Waals surface area contributed by atoms with Crippen molar-refractivity contribution in [3.05, 3.63) is 30.1 Å². The molecule has 2 aromatic rings. The van der Waals surface area contributed by atoms with E-state index in [4.69, 9.17) is 0 Å². The number of hydrogen-bond acceptors (Lipinski definition) is 2. The van der Waals surface area contributed by atoms with Crippen LogP contribution in [0.2, 0.25) is 0 Å². The lowest BCUT2D eigenvalue weighted by Gasteiger charge is -1.98. The van der Waals surface area contributed by atoms with Crippen LogP contribution in [-0.2, 0) is 6.42 Å². The van der Waals surface area contributed by atoms with Crippen LogP contribution in [0.1, 0.15) is 12.0 Å². The molecule has 1 aromatic heterocycles. The van der Waals surface area contributed by atoms with Crippen molar-refractivity contribution in [2.45, 2.75) is 12.8 Å². The van der Waals surface area contributed by atoms with Gasteiger partial charge in [-0.05, 0) is 36.3 Å². The third-order valence-corrected chi connectivity index (χ3v) is 2.42. The summed E-state index contributed by atoms with van der Waals surface area (Å²) in [6.07, 6.45) is 3.95. The molecule has 1 N–H and O–H groups in total. The highest BCUT2D eigenvalue weighted by Gasteiger charge is 1.97. The predicted octanol–water partition coefficient (Wildman–Crippen LogP) is 2.85. The highest BCUT2D eigenvalue weighted by molar-refractivity contribution is 7.80. The molecule has 0 saturated carbocycles. The van der Waals surface area contributed by atoms with Gasteiger partial charge in [0.2, 0.25) is 0 Å². The maximum atomic E-state index is 4.19. The van der Waals surface area contributed by atoms with Crippen molar-refractivity contribution in [3.63, 3.8) is 0 Å². The Bertz CT molecular complexity index is 400. The number of aromatic nitrogens is 2. The van der Waals surface area contributed by atoms with Gasteiger partial charge >= 0.3 is 0 Å². The fraction of sp³-hybridized carbons (Fsp3) is 0.300. The number of halogens is 1. The number of nitrogens with zero attached hydrogens (tertiary/aromatic N) is 1. The van der Waals surface area contributed by atoms with E-state index in [1.807, 2.05) is 0 Å². The van der Waals surface area contributed by atoms with Gasteiger partial charge in [0.25, 0.3) is 0 Å². The smallest absolute Gasteiger partial charge is 0.0931 e. The van der Waals surface area contributed by atoms with Crippen LogP contribution in [0.5, 0.6) is 0 Å². The van der Waals surface area contributed by atoms with E-state index in [-0.39, 0.29) is 12.4 Å². The minimum absolute atomic E-state index is 0. The van der Waals surface area contributed by atoms with Gasteiger partial charge in [0.05, 0.1) is 17.4 Å². The van der Waals surface area contributed by atoms with Crippen LogP contribution in [-0.4, -0.2) is 15.7 Å². The summed E-state index contributed by atoms with van der Waals surface area (Å²) in [5, 5.41) is 0. The monoisotopic (exact) mass is 228 g/mol. The molecule has 0 amide bonds. The molecule has 0 aliphatic carbocycles. The Morgan fingerprint density at radius 1 is 1.36 bits per heavy atom. The number of aromatic amines is 1. The Hall–Kier alpha value is -0.670. The predicted molar refractivity (Wildman–Crippen MR) is 65.5 cm³/mol. The Morgan fingerprint density at radius 3 is 3.00 bits per heavy atom. The fourth-order valence-corrected chi connectivity index (χ4v) is 1.58. The van der Waals surface area contributed by atoms with Crippen molar-refractivity contribution < 1.29 is 0 Å². The first kappa shape index (κ1) is 11.4. The van der Waals surface area contributed by atoms with Crippen molar-refractivity contribution in [1.82, 2.24) is 9.97 Å². The zero-order chi connectivity index (χ0) is 9.10. The third-order valence-electron chi connectivity index (χ3n) is 2.11. The standard InChI is InChI=1S/C10H12N2S.ClH/c13-5-1-2-8-3-4-9-10(6-8)12-7-11-9;/h3-4,6-7,13H,1-2,5H2,(H,11,12);1H. The molecule has 0 aliphatic heterocycles. The molecule has 0 radical (unpaired) electrons. The fourth-order valence-electron chi connectivity index (χ4n) is 1.42. The summed E-state index contributed by atoms with van der Waals surface area (Å²) in [7, 11) is 0. The normalized spacial score (nSPS) is 10.1. The number of nitrogens with one attached hydrogen (secondary N) is 1. The van der Waals surface area contributed by atoms with Crippen molar-refractivity contribution >= 4 is 36.1 Å². The lowest BCUT2D eigenvalue weighted by molar-refractivity contribution is 0.938. The molecule has 0 atom stereocenters. The molecule has 14 heavy (non-hydrogen) atoms. The lowest BCUT2D eigenvalue weighted by atomic mass is 10.1. The Balaban J connectivity index is 0.000000980. The first-order chi connectivity index (χ1) is 6.40. The number of rotatable bonds is 3. The van der Waals surface area contributed by atoms with Crippen LogP contribution in [0, 0.1) is 0 Å². The Morgan fingerprint density at radius 2 is 2.21 bits per heavy atom. The van der Waals surface area contributed by atoms with Gasteiger partial charge in [0.1, 0.15) is 0 Å². The zero-order valence-electron chi connectivity index (χ0n) is 7.73. The molecule has 0 aliphatic rings. The number of thiol groups is 1. The average Bonchev–Trinajstić information content (AvgIpc) is 2.61. The second-order valence-electron chi connectivity index (χ2n) is 3.08. The van der Waals surface area contributed by atoms with E-state index >= 15 is 0 Å². The van der Waals surface area contributed by atoms with Crippen LogP contribution in [0.15, 0.2) is 24.5 Å². The quantitative estimate of drug-likeness (QED) is 0.778. The van der Waals surface area contributed by atoms with E-state index in [0.29, 0.717) is 0 Å². The van der Waals surface area contributed by atoms with Crippen LogP contribution in [0.3, 0.4) is 0 Å². The van der Waals surface area contributed by atoms with E-state index in [1.165, 1.54) is 5.56 Å². The van der Waals surface area contributed by atoms with E-state index in [9.17, 15) is 0 Å². The second kappa shape index (κ2) is 5.27. The second-order valence-corrected chi connectivity index (χ2v) is 3.53. The van der Waals surface area contributed by atoms with Crippen molar-refractivity contribution in [2.75, 3.05) is 5.75 Å². The van der Waals surface area contributed by atoms with Gasteiger partial charge in [0, 0.05) is 0 Å². The van der Waals surface area contributed by atoms with Crippen LogP contribution < -0.4 is 0 Å². The summed E-state index contributed by atoms with van der Waals surface area (Å²) in [4.78, 5) is 7.28. The minimum Gasteiger partial charge on any atom is -0.345 e. The average molecular weight is 229 g/mol. The summed E-state index contributed by atoms with van der Waals surface area (Å²) in [5.74, 6) is 0.945. The Labute approximate surface area is 94.9 Å². The van der Waals surface area contributed by atoms with Crippen molar-refractivity contribution in [2.24, 2.45) is 0 Å². The molecule has 0 unspecified atom stereocenters. The molecule has 4 heteroatoms. The molecule has 2 rings (SSSR count). The number of imidazole rings is 1. The van der Waals surface area contributed by atoms with E-state index in [2.05, 4.69) is 40.8 Å². The highest BCUT2D eigenvalue weighted by atomic mass is 35.5. The topological polar surface area (TPSA) is 28.7 Å². The first-order valence-electron chi connectivity index (χ1n) is 4.43. The van der Waals surface area contributed by atoms with Crippen LogP contribution >= 0.6 is 25.0 Å². The van der Waals surface area contributed by atoms with E-state index in [0.717, 1.165) is 29.6 Å². The molecule has 76 valence electrons. The molecule has 2 nitrogen and oxygen atoms in total. The van der Waals surface area contributed by atoms with Crippen molar-refractivity contribution in [3.8, 4) is 0 Å². The largest absolute Gasteiger partial charge is 0.345 e. The lowest BCUT2D eigenvalue weighted by Crippen LogP contribution is -1.85. The van der Waals surface area contributed by atoms with Gasteiger partial charge in [-0.15, -0.1) is 12.4 Å². The van der Waals surface area contributed by atoms with E-state index in [1.54, 1.807) is 6.33 Å². The number of H-pyrrole nitrogens is 1. The molecular formula is C10H13ClN2S. The highest BCUT2D eigenvalue weighted by Crippen LogP contribution is 2.12. The molecule has 1 aromatic carbocycles. The first-order valence-corrected chi connectivity index (χ1v) is 5.06. The van der Waals surface area contributed by atoms with Gasteiger partial charge in [-0.2, -0.15) is 12.6 Å². The van der Waals surface area contributed by atoms with Gasteiger partial charge in [-0.25, -0.2) is 4.98 Å². The maximum absolute atomic E-state index is 4.19. The minimum atomic E-state index is 0. The van der Waals surface area contributed by atoms with Gasteiger partial charge in [0.15, 0.2) is 0 Å². The summed E-state index contributed by atoms with van der Waals surface area (Å²) >= 11 is 4.19. The molecule has 0 bridgehead atoms. The molecule has 0 fully saturated rings. The summed E-state index contributed by atoms with van der Waals surface area (Å²) in [5.41, 5.74) is 3.51. The van der Waals surface area contributed by atoms with Gasteiger partial charge < -0.3 is 4.98 Å². The van der Waals surface area contributed by atoms with Gasteiger partial charge in [-0.1, -0.05) is 6.07 Å². The van der Waals surface area contributed by atoms with Crippen LogP contribution in [0.25, 0.3) is 11.0 Å². The van der Waals surface area contributed by atoms with Gasteiger partial charge in [-0.3, -0.25) is 0 Å². The zero-order valence-corrected chi connectivity index (χ0v) is 9.44. The Kier molecular flexibility index (Phi) is 4.29. The SMILES string of the molecule is Cl.SCCCc1ccc2nc[nH]c2c1. The molecule has 1 heterocycles. The number of benzene rings is 1. The number of hydrogen-bond donors (Lipinski definition) is 2. The van der Waals surface area contributed by atoms with E-state index < -0.39 is 0 Å². The maximum Gasteiger partial charge on any atom is 0.0931 e. The number of aryl methyl sites for hydroxylation is 1. The summed E-state index contributed by atoms with van der Waals surface area (Å²) in [6, 6.07) is 6.35. The van der Waals surface area contributed by atoms with Crippen LogP contribution in [0.4, 0.5) is 0 Å². The molecule has 0 spiro atoms. The third kappa shape index (κ3) is 2.42. The summed E-state index contributed by atoms with van der Waals surface area (Å²) < 4.78 is 0.